The number of nitrogens with one attached hydrogen (secondary N) is 2. The van der Waals surface area contributed by atoms with Gasteiger partial charge in [0.15, 0.2) is 0 Å². The Labute approximate surface area is 176 Å². The molecule has 0 unspecified atom stereocenters. The van der Waals surface area contributed by atoms with Gasteiger partial charge < -0.3 is 5.32 Å². The van der Waals surface area contributed by atoms with Crippen molar-refractivity contribution < 1.29 is 13.2 Å². The summed E-state index contributed by atoms with van der Waals surface area (Å²) in [5, 5.41) is 3.18. The second-order valence-electron chi connectivity index (χ2n) is 8.25. The van der Waals surface area contributed by atoms with Crippen molar-refractivity contribution in [3.8, 4) is 0 Å². The second kappa shape index (κ2) is 7.65. The van der Waals surface area contributed by atoms with Crippen molar-refractivity contribution in [2.24, 2.45) is 11.8 Å². The van der Waals surface area contributed by atoms with Crippen molar-refractivity contribution in [3.05, 3.63) is 58.1 Å². The topological polar surface area (TPSA) is 75.3 Å². The van der Waals surface area contributed by atoms with E-state index in [1.807, 2.05) is 19.9 Å². The Morgan fingerprint density at radius 1 is 1.10 bits per heavy atom. The van der Waals surface area contributed by atoms with Crippen LogP contribution in [0.5, 0.6) is 0 Å². The fourth-order valence-corrected chi connectivity index (χ4v) is 6.23. The standard InChI is InChI=1S/C22H25ClN2O3S/c1-13-4-3-5-19(14(13)2)25-29(27,28)21-12-17(8-9-18(21)23)22(26)24-20-11-15-6-7-16(20)10-15/h3-5,8-9,12,15-16,20,25H,6-7,10-11H2,1-2H3,(H,24,26)/t15-,16+,20-/m0/s1. The lowest BCUT2D eigenvalue weighted by atomic mass is 9.95. The highest BCUT2D eigenvalue weighted by atomic mass is 35.5. The van der Waals surface area contributed by atoms with E-state index in [0.29, 0.717) is 23.1 Å². The molecule has 0 aromatic heterocycles. The molecule has 2 aliphatic carbocycles. The van der Waals surface area contributed by atoms with E-state index in [1.165, 1.54) is 25.0 Å². The first kappa shape index (κ1) is 20.2. The Kier molecular flexibility index (Phi) is 5.34. The molecule has 1 amide bonds. The zero-order chi connectivity index (χ0) is 20.8. The van der Waals surface area contributed by atoms with E-state index in [0.717, 1.165) is 24.0 Å². The van der Waals surface area contributed by atoms with Gasteiger partial charge in [0, 0.05) is 11.6 Å². The molecule has 0 saturated heterocycles. The van der Waals surface area contributed by atoms with E-state index < -0.39 is 10.0 Å². The molecular weight excluding hydrogens is 408 g/mol. The number of amides is 1. The van der Waals surface area contributed by atoms with Gasteiger partial charge in [-0.1, -0.05) is 30.2 Å². The van der Waals surface area contributed by atoms with Gasteiger partial charge in [0.05, 0.1) is 10.7 Å². The molecule has 7 heteroatoms. The maximum absolute atomic E-state index is 13.0. The van der Waals surface area contributed by atoms with Crippen LogP contribution in [-0.2, 0) is 10.0 Å². The Balaban J connectivity index is 1.57. The molecule has 0 spiro atoms. The molecule has 0 aliphatic heterocycles. The fourth-order valence-electron chi connectivity index (χ4n) is 4.59. The highest BCUT2D eigenvalue weighted by molar-refractivity contribution is 7.92. The molecule has 29 heavy (non-hydrogen) atoms. The number of rotatable bonds is 5. The Morgan fingerprint density at radius 3 is 2.59 bits per heavy atom. The predicted octanol–water partition coefficient (Wildman–Crippen LogP) is 4.68. The summed E-state index contributed by atoms with van der Waals surface area (Å²) in [4.78, 5) is 12.7. The Morgan fingerprint density at radius 2 is 1.90 bits per heavy atom. The number of benzene rings is 2. The van der Waals surface area contributed by atoms with E-state index in [2.05, 4.69) is 10.0 Å². The van der Waals surface area contributed by atoms with Gasteiger partial charge in [0.2, 0.25) is 0 Å². The van der Waals surface area contributed by atoms with E-state index in [-0.39, 0.29) is 21.9 Å². The van der Waals surface area contributed by atoms with Gasteiger partial charge >= 0.3 is 0 Å². The third-order valence-electron chi connectivity index (χ3n) is 6.39. The monoisotopic (exact) mass is 432 g/mol. The van der Waals surface area contributed by atoms with E-state index in [4.69, 9.17) is 11.6 Å². The van der Waals surface area contributed by atoms with Crippen molar-refractivity contribution in [3.63, 3.8) is 0 Å². The zero-order valence-corrected chi connectivity index (χ0v) is 18.1. The minimum Gasteiger partial charge on any atom is -0.349 e. The summed E-state index contributed by atoms with van der Waals surface area (Å²) in [7, 11) is -3.94. The average molecular weight is 433 g/mol. The molecule has 2 bridgehead atoms. The van der Waals surface area contributed by atoms with Crippen LogP contribution in [0, 0.1) is 25.7 Å². The third kappa shape index (κ3) is 4.01. The van der Waals surface area contributed by atoms with Crippen LogP contribution < -0.4 is 10.0 Å². The molecule has 2 fully saturated rings. The van der Waals surface area contributed by atoms with Gasteiger partial charge in [-0.15, -0.1) is 0 Å². The number of carbonyl (C=O) groups excluding carboxylic acids is 1. The Bertz CT molecular complexity index is 1070. The number of hydrogen-bond donors (Lipinski definition) is 2. The SMILES string of the molecule is Cc1cccc(NS(=O)(=O)c2cc(C(=O)N[C@H]3C[C@H]4CC[C@@H]3C4)ccc2Cl)c1C. The number of hydrogen-bond acceptors (Lipinski definition) is 3. The quantitative estimate of drug-likeness (QED) is 0.720. The summed E-state index contributed by atoms with van der Waals surface area (Å²) in [6.07, 6.45) is 4.62. The number of anilines is 1. The first-order valence-corrected chi connectivity index (χ1v) is 11.8. The summed E-state index contributed by atoms with van der Waals surface area (Å²) in [6.45, 7) is 3.77. The summed E-state index contributed by atoms with van der Waals surface area (Å²) in [6, 6.07) is 10.0. The molecule has 2 aromatic carbocycles. The van der Waals surface area contributed by atoms with Crippen LogP contribution in [0.15, 0.2) is 41.3 Å². The summed E-state index contributed by atoms with van der Waals surface area (Å²) in [5.41, 5.74) is 2.63. The molecule has 2 aromatic rings. The maximum atomic E-state index is 13.0. The molecule has 154 valence electrons. The highest BCUT2D eigenvalue weighted by Crippen LogP contribution is 2.44. The van der Waals surface area contributed by atoms with Crippen LogP contribution in [0.1, 0.15) is 47.2 Å². The summed E-state index contributed by atoms with van der Waals surface area (Å²) in [5.74, 6) is 1.01. The molecular formula is C22H25ClN2O3S. The second-order valence-corrected chi connectivity index (χ2v) is 10.3. The predicted molar refractivity (Wildman–Crippen MR) is 115 cm³/mol. The number of carbonyl (C=O) groups is 1. The van der Waals surface area contributed by atoms with Crippen molar-refractivity contribution in [1.29, 1.82) is 0 Å². The van der Waals surface area contributed by atoms with Crippen molar-refractivity contribution in [2.75, 3.05) is 4.72 Å². The minimum atomic E-state index is -3.94. The number of sulfonamides is 1. The van der Waals surface area contributed by atoms with Crippen LogP contribution in [0.3, 0.4) is 0 Å². The van der Waals surface area contributed by atoms with Gasteiger partial charge in [0.25, 0.3) is 15.9 Å². The van der Waals surface area contributed by atoms with E-state index >= 15 is 0 Å². The third-order valence-corrected chi connectivity index (χ3v) is 8.23. The molecule has 3 atom stereocenters. The first-order chi connectivity index (χ1) is 13.7. The van der Waals surface area contributed by atoms with Crippen LogP contribution in [-0.4, -0.2) is 20.4 Å². The number of fused-ring (bicyclic) bond motifs is 2. The summed E-state index contributed by atoms with van der Waals surface area (Å²) < 4.78 is 28.6. The lowest BCUT2D eigenvalue weighted by Crippen LogP contribution is -2.38. The zero-order valence-electron chi connectivity index (χ0n) is 16.5. The highest BCUT2D eigenvalue weighted by Gasteiger charge is 2.40. The van der Waals surface area contributed by atoms with E-state index in [1.54, 1.807) is 18.2 Å². The maximum Gasteiger partial charge on any atom is 0.263 e. The average Bonchev–Trinajstić information content (AvgIpc) is 3.28. The van der Waals surface area contributed by atoms with Crippen LogP contribution in [0.25, 0.3) is 0 Å². The minimum absolute atomic E-state index is 0.0827. The molecule has 0 heterocycles. The fraction of sp³-hybridized carbons (Fsp3) is 0.409. The normalized spacial score (nSPS) is 23.2. The van der Waals surface area contributed by atoms with Crippen LogP contribution in [0.4, 0.5) is 5.69 Å². The number of halogens is 1. The van der Waals surface area contributed by atoms with E-state index in [9.17, 15) is 13.2 Å². The lowest BCUT2D eigenvalue weighted by molar-refractivity contribution is 0.0922. The van der Waals surface area contributed by atoms with Gasteiger partial charge in [-0.25, -0.2) is 8.42 Å². The van der Waals surface area contributed by atoms with Crippen molar-refractivity contribution in [2.45, 2.75) is 50.5 Å². The molecule has 2 aliphatic rings. The largest absolute Gasteiger partial charge is 0.349 e. The van der Waals surface area contributed by atoms with Gasteiger partial charge in [0.1, 0.15) is 4.90 Å². The molecule has 0 radical (unpaired) electrons. The molecule has 4 rings (SSSR count). The van der Waals surface area contributed by atoms with Crippen LogP contribution >= 0.6 is 11.6 Å². The Hall–Kier alpha value is -2.05. The summed E-state index contributed by atoms with van der Waals surface area (Å²) >= 11 is 6.19. The number of aryl methyl sites for hydroxylation is 1. The smallest absolute Gasteiger partial charge is 0.263 e. The van der Waals surface area contributed by atoms with Crippen molar-refractivity contribution >= 4 is 33.2 Å². The molecule has 2 N–H and O–H groups in total. The van der Waals surface area contributed by atoms with Gasteiger partial charge in [-0.05, 0) is 80.3 Å². The molecule has 2 saturated carbocycles. The first-order valence-electron chi connectivity index (χ1n) is 9.94. The molecule has 5 nitrogen and oxygen atoms in total. The van der Waals surface area contributed by atoms with Gasteiger partial charge in [-0.3, -0.25) is 9.52 Å². The lowest BCUT2D eigenvalue weighted by Gasteiger charge is -2.23. The van der Waals surface area contributed by atoms with Crippen molar-refractivity contribution in [1.82, 2.24) is 5.32 Å². The van der Waals surface area contributed by atoms with Crippen LogP contribution in [0.2, 0.25) is 5.02 Å². The van der Waals surface area contributed by atoms with Gasteiger partial charge in [-0.2, -0.15) is 0 Å².